The minimum absolute atomic E-state index is 0.0169. The molecule has 0 spiro atoms. The van der Waals surface area contributed by atoms with Crippen LogP contribution in [0.3, 0.4) is 0 Å². The maximum atomic E-state index is 6.33. The van der Waals surface area contributed by atoms with Crippen LogP contribution in [0.2, 0.25) is 0 Å². The highest BCUT2D eigenvalue weighted by Crippen LogP contribution is 2.47. The Balaban J connectivity index is 2.15. The van der Waals surface area contributed by atoms with Crippen molar-refractivity contribution in [2.45, 2.75) is 58.3 Å². The fraction of sp³-hybridized carbons (Fsp3) is 0.500. The molecule has 1 saturated carbocycles. The van der Waals surface area contributed by atoms with Crippen LogP contribution in [0.25, 0.3) is 21.9 Å². The van der Waals surface area contributed by atoms with Crippen molar-refractivity contribution in [2.75, 3.05) is 6.54 Å². The summed E-state index contributed by atoms with van der Waals surface area (Å²) in [6.45, 7) is 6.84. The molecule has 2 heterocycles. The summed E-state index contributed by atoms with van der Waals surface area (Å²) in [5.41, 5.74) is 10.8. The number of furan rings is 2. The molecule has 4 rings (SSSR count). The minimum atomic E-state index is 0.0169. The number of benzene rings is 1. The highest BCUT2D eigenvalue weighted by Gasteiger charge is 2.37. The van der Waals surface area contributed by atoms with E-state index in [-0.39, 0.29) is 5.41 Å². The van der Waals surface area contributed by atoms with E-state index in [4.69, 9.17) is 14.6 Å². The predicted molar refractivity (Wildman–Crippen MR) is 94.0 cm³/mol. The third-order valence-electron chi connectivity index (χ3n) is 5.68. The predicted octanol–water partition coefficient (Wildman–Crippen LogP) is 5.26. The van der Waals surface area contributed by atoms with Gasteiger partial charge in [0.2, 0.25) is 0 Å². The summed E-state index contributed by atoms with van der Waals surface area (Å²) in [5, 5.41) is 2.38. The molecule has 1 fully saturated rings. The van der Waals surface area contributed by atoms with Gasteiger partial charge in [-0.25, -0.2) is 0 Å². The van der Waals surface area contributed by atoms with Gasteiger partial charge < -0.3 is 14.6 Å². The van der Waals surface area contributed by atoms with Crippen LogP contribution in [0, 0.1) is 20.8 Å². The molecule has 0 amide bonds. The average molecular weight is 311 g/mol. The number of hydrogen-bond donors (Lipinski definition) is 1. The molecular weight excluding hydrogens is 286 g/mol. The molecule has 3 nitrogen and oxygen atoms in total. The van der Waals surface area contributed by atoms with Crippen molar-refractivity contribution in [1.82, 2.24) is 0 Å². The largest absolute Gasteiger partial charge is 0.461 e. The van der Waals surface area contributed by atoms with E-state index in [1.807, 2.05) is 13.8 Å². The standard InChI is InChI=1S/C20H25NO2/c1-12-9-15-14(3)18-16(10-13(2)22-18)17(19(15)23-12)20(11-21)7-5-4-6-8-20/h9-10H,4-8,11,21H2,1-3H3. The zero-order chi connectivity index (χ0) is 16.2. The lowest BCUT2D eigenvalue weighted by Gasteiger charge is -2.37. The molecular formula is C20H25NO2. The summed E-state index contributed by atoms with van der Waals surface area (Å²) in [6.07, 6.45) is 6.07. The van der Waals surface area contributed by atoms with Gasteiger partial charge in [-0.05, 0) is 45.7 Å². The SMILES string of the molecule is Cc1cc2c(C3(CN)CCCCC3)c3oc(C)cc3c(C)c2o1. The van der Waals surface area contributed by atoms with Gasteiger partial charge in [0.15, 0.2) is 0 Å². The monoisotopic (exact) mass is 311 g/mol. The fourth-order valence-corrected chi connectivity index (χ4v) is 4.51. The van der Waals surface area contributed by atoms with Crippen LogP contribution in [0.5, 0.6) is 0 Å². The molecule has 3 aromatic rings. The Morgan fingerprint density at radius 1 is 0.913 bits per heavy atom. The van der Waals surface area contributed by atoms with E-state index in [2.05, 4.69) is 19.1 Å². The minimum Gasteiger partial charge on any atom is -0.461 e. The number of nitrogens with two attached hydrogens (primary N) is 1. The maximum absolute atomic E-state index is 6.33. The van der Waals surface area contributed by atoms with Crippen molar-refractivity contribution >= 4 is 21.9 Å². The van der Waals surface area contributed by atoms with E-state index in [1.54, 1.807) is 0 Å². The Hall–Kier alpha value is -1.74. The van der Waals surface area contributed by atoms with Crippen LogP contribution in [-0.4, -0.2) is 6.54 Å². The van der Waals surface area contributed by atoms with Gasteiger partial charge in [-0.2, -0.15) is 0 Å². The number of hydrogen-bond acceptors (Lipinski definition) is 3. The van der Waals surface area contributed by atoms with Crippen LogP contribution < -0.4 is 5.73 Å². The first-order valence-electron chi connectivity index (χ1n) is 8.69. The number of aryl methyl sites for hydroxylation is 3. The zero-order valence-electron chi connectivity index (χ0n) is 14.3. The van der Waals surface area contributed by atoms with Gasteiger partial charge in [0, 0.05) is 33.9 Å². The highest BCUT2D eigenvalue weighted by atomic mass is 16.3. The molecule has 0 unspecified atom stereocenters. The third kappa shape index (κ3) is 2.06. The quantitative estimate of drug-likeness (QED) is 0.702. The first-order chi connectivity index (χ1) is 11.1. The lowest BCUT2D eigenvalue weighted by Crippen LogP contribution is -2.37. The van der Waals surface area contributed by atoms with Crippen LogP contribution in [0.1, 0.15) is 54.8 Å². The van der Waals surface area contributed by atoms with Crippen molar-refractivity contribution in [3.63, 3.8) is 0 Å². The van der Waals surface area contributed by atoms with Crippen molar-refractivity contribution < 1.29 is 8.83 Å². The van der Waals surface area contributed by atoms with E-state index in [1.165, 1.54) is 41.2 Å². The smallest absolute Gasteiger partial charge is 0.139 e. The van der Waals surface area contributed by atoms with Crippen molar-refractivity contribution in [2.24, 2.45) is 5.73 Å². The van der Waals surface area contributed by atoms with Gasteiger partial charge in [-0.3, -0.25) is 0 Å². The topological polar surface area (TPSA) is 52.3 Å². The summed E-state index contributed by atoms with van der Waals surface area (Å²) in [5.74, 6) is 1.91. The van der Waals surface area contributed by atoms with E-state index in [0.29, 0.717) is 6.54 Å². The first kappa shape index (κ1) is 14.8. The van der Waals surface area contributed by atoms with Crippen LogP contribution in [-0.2, 0) is 5.41 Å². The van der Waals surface area contributed by atoms with Crippen LogP contribution >= 0.6 is 0 Å². The third-order valence-corrected chi connectivity index (χ3v) is 5.68. The Kier molecular flexibility index (Phi) is 3.31. The number of fused-ring (bicyclic) bond motifs is 2. The Labute approximate surface area is 136 Å². The molecule has 0 bridgehead atoms. The van der Waals surface area contributed by atoms with Crippen LogP contribution in [0.4, 0.5) is 0 Å². The first-order valence-corrected chi connectivity index (χ1v) is 8.69. The summed E-state index contributed by atoms with van der Waals surface area (Å²) < 4.78 is 12.2. The molecule has 122 valence electrons. The van der Waals surface area contributed by atoms with E-state index < -0.39 is 0 Å². The second-order valence-electron chi connectivity index (χ2n) is 7.24. The molecule has 1 aliphatic rings. The molecule has 0 aliphatic heterocycles. The second-order valence-corrected chi connectivity index (χ2v) is 7.24. The normalized spacial score (nSPS) is 18.1. The van der Waals surface area contributed by atoms with Gasteiger partial charge >= 0.3 is 0 Å². The maximum Gasteiger partial charge on any atom is 0.139 e. The van der Waals surface area contributed by atoms with Gasteiger partial charge in [-0.15, -0.1) is 0 Å². The summed E-state index contributed by atoms with van der Waals surface area (Å²) in [7, 11) is 0. The molecule has 3 heteroatoms. The van der Waals surface area contributed by atoms with E-state index in [0.717, 1.165) is 35.5 Å². The Morgan fingerprint density at radius 2 is 1.52 bits per heavy atom. The van der Waals surface area contributed by atoms with Gasteiger partial charge in [0.05, 0.1) is 0 Å². The molecule has 0 atom stereocenters. The Bertz CT molecular complexity index is 820. The highest BCUT2D eigenvalue weighted by molar-refractivity contribution is 6.02. The molecule has 2 N–H and O–H groups in total. The summed E-state index contributed by atoms with van der Waals surface area (Å²) >= 11 is 0. The molecule has 1 aliphatic carbocycles. The summed E-state index contributed by atoms with van der Waals surface area (Å²) in [4.78, 5) is 0. The average Bonchev–Trinajstić information content (AvgIpc) is 3.11. The molecule has 0 radical (unpaired) electrons. The molecule has 0 saturated heterocycles. The van der Waals surface area contributed by atoms with Gasteiger partial charge in [0.25, 0.3) is 0 Å². The van der Waals surface area contributed by atoms with Gasteiger partial charge in [-0.1, -0.05) is 19.3 Å². The lowest BCUT2D eigenvalue weighted by atomic mass is 9.68. The molecule has 1 aromatic carbocycles. The Morgan fingerprint density at radius 3 is 2.17 bits per heavy atom. The fourth-order valence-electron chi connectivity index (χ4n) is 4.51. The van der Waals surface area contributed by atoms with Crippen molar-refractivity contribution in [1.29, 1.82) is 0 Å². The van der Waals surface area contributed by atoms with Gasteiger partial charge in [0.1, 0.15) is 22.7 Å². The van der Waals surface area contributed by atoms with E-state index in [9.17, 15) is 0 Å². The molecule has 23 heavy (non-hydrogen) atoms. The molecule has 2 aromatic heterocycles. The summed E-state index contributed by atoms with van der Waals surface area (Å²) in [6, 6.07) is 4.31. The van der Waals surface area contributed by atoms with Crippen LogP contribution in [0.15, 0.2) is 21.0 Å². The van der Waals surface area contributed by atoms with Crippen molar-refractivity contribution in [3.05, 3.63) is 34.8 Å². The zero-order valence-corrected chi connectivity index (χ0v) is 14.3. The van der Waals surface area contributed by atoms with E-state index >= 15 is 0 Å². The number of rotatable bonds is 2. The van der Waals surface area contributed by atoms with Crippen molar-refractivity contribution in [3.8, 4) is 0 Å². The lowest BCUT2D eigenvalue weighted by molar-refractivity contribution is 0.302. The second kappa shape index (κ2) is 5.13.